The second kappa shape index (κ2) is 9.39. The van der Waals surface area contributed by atoms with Gasteiger partial charge in [0.05, 0.1) is 0 Å². The largest absolute Gasteiger partial charge is 0.0616 e. The minimum absolute atomic E-state index is 1.24. The van der Waals surface area contributed by atoms with Gasteiger partial charge in [-0.2, -0.15) is 0 Å². The molecule has 9 aromatic carbocycles. The van der Waals surface area contributed by atoms with Crippen molar-refractivity contribution >= 4 is 53.9 Å². The molecule has 0 nitrogen and oxygen atoms in total. The summed E-state index contributed by atoms with van der Waals surface area (Å²) < 4.78 is 0. The fourth-order valence-corrected chi connectivity index (χ4v) is 7.81. The summed E-state index contributed by atoms with van der Waals surface area (Å²) in [5.74, 6) is 0. The van der Waals surface area contributed by atoms with Crippen LogP contribution in [0.4, 0.5) is 0 Å². The number of hydrogen-bond acceptors (Lipinski definition) is 0. The SMILES string of the molecule is [CH]1c2c1c1c(-c3cccc(-c4c5ccccc5c(-c5cccc6ccccc56)c5ccccc45)c3)cccc1c1ccccc21. The molecule has 0 aromatic heterocycles. The summed E-state index contributed by atoms with van der Waals surface area (Å²) in [4.78, 5) is 0. The Morgan fingerprint density at radius 1 is 0.289 bits per heavy atom. The molecular weight excluding hydrogens is 540 g/mol. The highest BCUT2D eigenvalue weighted by molar-refractivity contribution is 6.24. The molecular formula is C45H27. The van der Waals surface area contributed by atoms with Gasteiger partial charge in [-0.1, -0.05) is 152 Å². The number of fused-ring (bicyclic) bond motifs is 9. The average Bonchev–Trinajstić information content (AvgIpc) is 3.92. The van der Waals surface area contributed by atoms with E-state index in [0.29, 0.717) is 0 Å². The van der Waals surface area contributed by atoms with Crippen LogP contribution in [-0.4, -0.2) is 0 Å². The van der Waals surface area contributed by atoms with E-state index in [0.717, 1.165) is 0 Å². The van der Waals surface area contributed by atoms with Crippen LogP contribution in [0.1, 0.15) is 11.1 Å². The molecule has 9 aromatic rings. The molecule has 10 rings (SSSR count). The first-order valence-electron chi connectivity index (χ1n) is 15.7. The highest BCUT2D eigenvalue weighted by Crippen LogP contribution is 2.49. The quantitative estimate of drug-likeness (QED) is 0.147. The molecule has 45 heavy (non-hydrogen) atoms. The number of rotatable bonds is 3. The topological polar surface area (TPSA) is 0 Å². The van der Waals surface area contributed by atoms with E-state index in [1.165, 1.54) is 98.4 Å². The molecule has 0 aliphatic heterocycles. The second-order valence-corrected chi connectivity index (χ2v) is 12.2. The monoisotopic (exact) mass is 567 g/mol. The Morgan fingerprint density at radius 2 is 0.800 bits per heavy atom. The first-order valence-corrected chi connectivity index (χ1v) is 15.7. The zero-order valence-electron chi connectivity index (χ0n) is 24.6. The molecule has 0 saturated heterocycles. The lowest BCUT2D eigenvalue weighted by Gasteiger charge is -2.19. The Labute approximate surface area is 261 Å². The molecule has 1 aliphatic carbocycles. The molecule has 0 heteroatoms. The molecule has 0 saturated carbocycles. The summed E-state index contributed by atoms with van der Waals surface area (Å²) in [6.07, 6.45) is 2.35. The normalized spacial score (nSPS) is 12.4. The van der Waals surface area contributed by atoms with Crippen molar-refractivity contribution < 1.29 is 0 Å². The van der Waals surface area contributed by atoms with Crippen LogP contribution < -0.4 is 0 Å². The molecule has 0 N–H and O–H groups in total. The van der Waals surface area contributed by atoms with Gasteiger partial charge in [-0.3, -0.25) is 0 Å². The van der Waals surface area contributed by atoms with E-state index in [4.69, 9.17) is 0 Å². The van der Waals surface area contributed by atoms with Crippen LogP contribution in [0.5, 0.6) is 0 Å². The fraction of sp³-hybridized carbons (Fsp3) is 0. The van der Waals surface area contributed by atoms with Gasteiger partial charge in [0.2, 0.25) is 0 Å². The number of hydrogen-bond donors (Lipinski definition) is 0. The molecule has 1 aliphatic rings. The Balaban J connectivity index is 1.26. The van der Waals surface area contributed by atoms with E-state index in [-0.39, 0.29) is 0 Å². The highest BCUT2D eigenvalue weighted by atomic mass is 14.3. The molecule has 0 unspecified atom stereocenters. The third-order valence-electron chi connectivity index (χ3n) is 9.79. The van der Waals surface area contributed by atoms with E-state index >= 15 is 0 Å². The van der Waals surface area contributed by atoms with Crippen LogP contribution in [0.2, 0.25) is 0 Å². The van der Waals surface area contributed by atoms with Crippen LogP contribution in [0.25, 0.3) is 87.2 Å². The maximum atomic E-state index is 2.41. The van der Waals surface area contributed by atoms with Gasteiger partial charge in [-0.05, 0) is 104 Å². The second-order valence-electron chi connectivity index (χ2n) is 12.2. The van der Waals surface area contributed by atoms with Crippen LogP contribution in [0, 0.1) is 6.42 Å². The maximum absolute atomic E-state index is 2.41. The molecule has 0 amide bonds. The summed E-state index contributed by atoms with van der Waals surface area (Å²) in [5.41, 5.74) is 10.4. The van der Waals surface area contributed by atoms with Crippen LogP contribution in [-0.2, 0) is 0 Å². The standard InChI is InChI=1S/C45H27/c1-2-16-31-28(12-1)13-10-24-35(31)45-39-21-7-5-19-37(39)43(38-20-6-8-22-40(38)45)30-15-9-14-29(26-30)32-23-11-25-36-33-17-3-4-18-34(33)41-27-42(41)44(32)36/h1-27H. The third-order valence-corrected chi connectivity index (χ3v) is 9.79. The summed E-state index contributed by atoms with van der Waals surface area (Å²) in [6, 6.07) is 58.1. The minimum atomic E-state index is 1.24. The van der Waals surface area contributed by atoms with Crippen molar-refractivity contribution in [2.75, 3.05) is 0 Å². The Bertz CT molecular complexity index is 2610. The molecule has 0 atom stereocenters. The average molecular weight is 568 g/mol. The Kier molecular flexibility index (Phi) is 5.15. The molecule has 0 bridgehead atoms. The van der Waals surface area contributed by atoms with Crippen molar-refractivity contribution in [2.45, 2.75) is 0 Å². The van der Waals surface area contributed by atoms with Gasteiger partial charge in [0.1, 0.15) is 0 Å². The van der Waals surface area contributed by atoms with Gasteiger partial charge in [0.15, 0.2) is 0 Å². The Hall–Kier alpha value is -5.72. The van der Waals surface area contributed by atoms with E-state index in [2.05, 4.69) is 164 Å². The zero-order valence-corrected chi connectivity index (χ0v) is 24.6. The molecule has 1 radical (unpaired) electrons. The summed E-state index contributed by atoms with van der Waals surface area (Å²) in [5, 5.41) is 13.1. The summed E-state index contributed by atoms with van der Waals surface area (Å²) in [6.45, 7) is 0. The van der Waals surface area contributed by atoms with Gasteiger partial charge in [0.25, 0.3) is 0 Å². The molecule has 0 heterocycles. The van der Waals surface area contributed by atoms with E-state index in [1.54, 1.807) is 0 Å². The minimum Gasteiger partial charge on any atom is -0.0616 e. The lowest BCUT2D eigenvalue weighted by Crippen LogP contribution is -1.92. The Morgan fingerprint density at radius 3 is 1.56 bits per heavy atom. The number of benzene rings is 9. The first kappa shape index (κ1) is 24.7. The fourth-order valence-electron chi connectivity index (χ4n) is 7.81. The third kappa shape index (κ3) is 3.60. The van der Waals surface area contributed by atoms with Crippen molar-refractivity contribution in [3.8, 4) is 33.4 Å². The predicted octanol–water partition coefficient (Wildman–Crippen LogP) is 12.4. The van der Waals surface area contributed by atoms with Crippen molar-refractivity contribution in [1.82, 2.24) is 0 Å². The van der Waals surface area contributed by atoms with Gasteiger partial charge >= 0.3 is 0 Å². The van der Waals surface area contributed by atoms with Crippen LogP contribution in [0.3, 0.4) is 0 Å². The maximum Gasteiger partial charge on any atom is 0.0218 e. The smallest absolute Gasteiger partial charge is 0.0218 e. The van der Waals surface area contributed by atoms with Crippen molar-refractivity contribution in [3.05, 3.63) is 175 Å². The van der Waals surface area contributed by atoms with Gasteiger partial charge in [-0.15, -0.1) is 0 Å². The summed E-state index contributed by atoms with van der Waals surface area (Å²) >= 11 is 0. The van der Waals surface area contributed by atoms with Crippen molar-refractivity contribution in [1.29, 1.82) is 0 Å². The van der Waals surface area contributed by atoms with E-state index in [9.17, 15) is 0 Å². The lowest BCUT2D eigenvalue weighted by atomic mass is 9.84. The van der Waals surface area contributed by atoms with Gasteiger partial charge in [0, 0.05) is 6.42 Å². The van der Waals surface area contributed by atoms with Crippen LogP contribution in [0.15, 0.2) is 158 Å². The van der Waals surface area contributed by atoms with Crippen molar-refractivity contribution in [3.63, 3.8) is 0 Å². The lowest BCUT2D eigenvalue weighted by molar-refractivity contribution is 1.64. The van der Waals surface area contributed by atoms with Gasteiger partial charge < -0.3 is 0 Å². The van der Waals surface area contributed by atoms with Crippen LogP contribution >= 0.6 is 0 Å². The first-order chi connectivity index (χ1) is 22.3. The van der Waals surface area contributed by atoms with Gasteiger partial charge in [-0.25, -0.2) is 0 Å². The highest BCUT2D eigenvalue weighted by Gasteiger charge is 2.27. The predicted molar refractivity (Wildman–Crippen MR) is 193 cm³/mol. The zero-order chi connectivity index (χ0) is 29.5. The van der Waals surface area contributed by atoms with E-state index < -0.39 is 0 Å². The molecule has 0 spiro atoms. The van der Waals surface area contributed by atoms with E-state index in [1.807, 2.05) is 0 Å². The molecule has 207 valence electrons. The van der Waals surface area contributed by atoms with Crippen molar-refractivity contribution in [2.24, 2.45) is 0 Å². The summed E-state index contributed by atoms with van der Waals surface area (Å²) in [7, 11) is 0. The molecule has 0 fully saturated rings.